The van der Waals surface area contributed by atoms with E-state index in [1.54, 1.807) is 12.1 Å². The summed E-state index contributed by atoms with van der Waals surface area (Å²) in [6.45, 7) is 0. The van der Waals surface area contributed by atoms with Gasteiger partial charge in [-0.3, -0.25) is 0 Å². The van der Waals surface area contributed by atoms with E-state index < -0.39 is 11.8 Å². The van der Waals surface area contributed by atoms with Crippen molar-refractivity contribution in [2.45, 2.75) is 0 Å². The molecule has 0 aliphatic heterocycles. The van der Waals surface area contributed by atoms with E-state index in [1.165, 1.54) is 13.2 Å². The zero-order chi connectivity index (χ0) is 11.0. The summed E-state index contributed by atoms with van der Waals surface area (Å²) in [5, 5.41) is 0.259. The van der Waals surface area contributed by atoms with Crippen LogP contribution in [-0.4, -0.2) is 12.1 Å². The third-order valence-electron chi connectivity index (χ3n) is 2.07. The van der Waals surface area contributed by atoms with E-state index in [-0.39, 0.29) is 16.3 Å². The van der Waals surface area contributed by atoms with Gasteiger partial charge < -0.3 is 4.74 Å². The van der Waals surface area contributed by atoms with Crippen LogP contribution in [0.2, 0.25) is 5.15 Å². The highest BCUT2D eigenvalue weighted by molar-refractivity contribution is 6.34. The highest BCUT2D eigenvalue weighted by Crippen LogP contribution is 2.32. The van der Waals surface area contributed by atoms with Crippen LogP contribution in [0.1, 0.15) is 0 Å². The number of aromatic nitrogens is 1. The Morgan fingerprint density at radius 3 is 2.73 bits per heavy atom. The first kappa shape index (κ1) is 10.1. The summed E-state index contributed by atoms with van der Waals surface area (Å²) in [4.78, 5) is 3.24. The van der Waals surface area contributed by atoms with Crippen molar-refractivity contribution in [3.8, 4) is 5.75 Å². The summed E-state index contributed by atoms with van der Waals surface area (Å²) in [6, 6.07) is 4.71. The maximum Gasteiger partial charge on any atom is 0.251 e. The predicted octanol–water partition coefficient (Wildman–Crippen LogP) is 3.18. The van der Waals surface area contributed by atoms with Crippen molar-refractivity contribution in [3.05, 3.63) is 35.1 Å². The minimum Gasteiger partial charge on any atom is -0.496 e. The number of pyridine rings is 1. The average molecular weight is 230 g/mol. The summed E-state index contributed by atoms with van der Waals surface area (Å²) >= 11 is 5.69. The minimum atomic E-state index is -1.22. The average Bonchev–Trinajstić information content (AvgIpc) is 2.25. The second-order valence-corrected chi connectivity index (χ2v) is 3.25. The fourth-order valence-electron chi connectivity index (χ4n) is 1.40. The molecule has 0 spiro atoms. The van der Waals surface area contributed by atoms with E-state index in [2.05, 4.69) is 4.98 Å². The summed E-state index contributed by atoms with van der Waals surface area (Å²) < 4.78 is 31.4. The van der Waals surface area contributed by atoms with Gasteiger partial charge >= 0.3 is 0 Å². The van der Waals surface area contributed by atoms with E-state index in [9.17, 15) is 8.78 Å². The molecule has 0 aliphatic carbocycles. The number of rotatable bonds is 1. The Morgan fingerprint density at radius 1 is 1.33 bits per heavy atom. The lowest BCUT2D eigenvalue weighted by molar-refractivity contribution is 0.415. The number of fused-ring (bicyclic) bond motifs is 1. The fraction of sp³-hybridized carbons (Fsp3) is 0.100. The van der Waals surface area contributed by atoms with Gasteiger partial charge in [0.2, 0.25) is 0 Å². The molecule has 0 bridgehead atoms. The molecule has 0 N–H and O–H groups in total. The molecule has 0 amide bonds. The van der Waals surface area contributed by atoms with Gasteiger partial charge in [0.1, 0.15) is 10.9 Å². The van der Waals surface area contributed by atoms with Crippen LogP contribution >= 0.6 is 11.6 Å². The lowest BCUT2D eigenvalue weighted by Crippen LogP contribution is -1.95. The van der Waals surface area contributed by atoms with Gasteiger partial charge in [-0.15, -0.1) is 0 Å². The van der Waals surface area contributed by atoms with Crippen LogP contribution in [0, 0.1) is 11.8 Å². The second-order valence-electron chi connectivity index (χ2n) is 2.89. The van der Waals surface area contributed by atoms with Crippen LogP contribution in [0.4, 0.5) is 8.78 Å². The predicted molar refractivity (Wildman–Crippen MR) is 53.2 cm³/mol. The highest BCUT2D eigenvalue weighted by atomic mass is 35.5. The molecular weight excluding hydrogens is 224 g/mol. The van der Waals surface area contributed by atoms with Crippen molar-refractivity contribution in [2.75, 3.05) is 7.11 Å². The van der Waals surface area contributed by atoms with Crippen LogP contribution in [0.5, 0.6) is 5.75 Å². The third kappa shape index (κ3) is 1.51. The van der Waals surface area contributed by atoms with E-state index >= 15 is 0 Å². The number of benzene rings is 1. The molecular formula is C10H6ClF2NO. The smallest absolute Gasteiger partial charge is 0.251 e. The lowest BCUT2D eigenvalue weighted by atomic mass is 10.1. The molecule has 0 fully saturated rings. The van der Waals surface area contributed by atoms with Crippen molar-refractivity contribution in [1.29, 1.82) is 0 Å². The Labute approximate surface area is 89.4 Å². The van der Waals surface area contributed by atoms with Gasteiger partial charge in [0.25, 0.3) is 5.95 Å². The zero-order valence-electron chi connectivity index (χ0n) is 7.72. The Balaban J connectivity index is 2.96. The van der Waals surface area contributed by atoms with Crippen molar-refractivity contribution in [3.63, 3.8) is 0 Å². The molecule has 1 aromatic carbocycles. The monoisotopic (exact) mass is 229 g/mol. The van der Waals surface area contributed by atoms with Crippen molar-refractivity contribution in [2.24, 2.45) is 0 Å². The number of hydrogen-bond donors (Lipinski definition) is 0. The van der Waals surface area contributed by atoms with Gasteiger partial charge in [-0.25, -0.2) is 9.37 Å². The topological polar surface area (TPSA) is 22.1 Å². The lowest BCUT2D eigenvalue weighted by Gasteiger charge is -2.07. The van der Waals surface area contributed by atoms with Crippen LogP contribution < -0.4 is 4.74 Å². The van der Waals surface area contributed by atoms with E-state index in [1.807, 2.05) is 0 Å². The molecule has 78 valence electrons. The molecule has 2 nitrogen and oxygen atoms in total. The first-order chi connectivity index (χ1) is 7.15. The molecule has 0 aliphatic rings. The Bertz CT molecular complexity index is 530. The first-order valence-corrected chi connectivity index (χ1v) is 4.50. The molecule has 0 unspecified atom stereocenters. The first-order valence-electron chi connectivity index (χ1n) is 4.12. The summed E-state index contributed by atoms with van der Waals surface area (Å²) in [5.74, 6) is -2.04. The zero-order valence-corrected chi connectivity index (χ0v) is 8.48. The normalized spacial score (nSPS) is 10.7. The van der Waals surface area contributed by atoms with E-state index in [4.69, 9.17) is 16.3 Å². The fourth-order valence-corrected chi connectivity index (χ4v) is 1.63. The van der Waals surface area contributed by atoms with Crippen molar-refractivity contribution < 1.29 is 13.5 Å². The molecule has 0 radical (unpaired) electrons. The Hall–Kier alpha value is -1.42. The maximum atomic E-state index is 13.4. The SMILES string of the molecule is COc1cccc2c(Cl)nc(F)c(F)c12. The number of hydrogen-bond acceptors (Lipinski definition) is 2. The van der Waals surface area contributed by atoms with E-state index in [0.29, 0.717) is 5.39 Å². The van der Waals surface area contributed by atoms with Crippen molar-refractivity contribution >= 4 is 22.4 Å². The van der Waals surface area contributed by atoms with Gasteiger partial charge in [0, 0.05) is 5.39 Å². The Kier molecular flexibility index (Phi) is 2.44. The highest BCUT2D eigenvalue weighted by Gasteiger charge is 2.15. The maximum absolute atomic E-state index is 13.4. The number of nitrogens with zero attached hydrogens (tertiary/aromatic N) is 1. The Morgan fingerprint density at radius 2 is 2.07 bits per heavy atom. The molecule has 1 aromatic heterocycles. The number of methoxy groups -OCH3 is 1. The molecule has 5 heteroatoms. The summed E-state index contributed by atoms with van der Waals surface area (Å²) in [5.41, 5.74) is 0. The van der Waals surface area contributed by atoms with E-state index in [0.717, 1.165) is 0 Å². The minimum absolute atomic E-state index is 0.0116. The second kappa shape index (κ2) is 3.62. The van der Waals surface area contributed by atoms with Gasteiger partial charge in [-0.1, -0.05) is 23.7 Å². The van der Waals surface area contributed by atoms with Crippen LogP contribution in [0.3, 0.4) is 0 Å². The largest absolute Gasteiger partial charge is 0.496 e. The summed E-state index contributed by atoms with van der Waals surface area (Å²) in [7, 11) is 1.38. The molecule has 0 atom stereocenters. The van der Waals surface area contributed by atoms with Gasteiger partial charge in [-0.2, -0.15) is 4.39 Å². The van der Waals surface area contributed by atoms with Crippen molar-refractivity contribution in [1.82, 2.24) is 4.98 Å². The molecule has 2 aromatic rings. The quantitative estimate of drug-likeness (QED) is 0.701. The molecule has 0 saturated carbocycles. The van der Waals surface area contributed by atoms with Crippen LogP contribution in [0.25, 0.3) is 10.8 Å². The molecule has 15 heavy (non-hydrogen) atoms. The summed E-state index contributed by atoms with van der Waals surface area (Å²) in [6.07, 6.45) is 0. The standard InChI is InChI=1S/C10H6ClF2NO/c1-15-6-4-2-3-5-7(6)8(12)10(13)14-9(5)11/h2-4H,1H3. The van der Waals surface area contributed by atoms with Gasteiger partial charge in [-0.05, 0) is 6.07 Å². The third-order valence-corrected chi connectivity index (χ3v) is 2.35. The molecule has 1 heterocycles. The number of ether oxygens (including phenoxy) is 1. The van der Waals surface area contributed by atoms with Gasteiger partial charge in [0.05, 0.1) is 12.5 Å². The van der Waals surface area contributed by atoms with Crippen LogP contribution in [-0.2, 0) is 0 Å². The molecule has 0 saturated heterocycles. The van der Waals surface area contributed by atoms with Gasteiger partial charge in [0.15, 0.2) is 5.82 Å². The number of halogens is 3. The molecule has 2 rings (SSSR count). The van der Waals surface area contributed by atoms with Crippen LogP contribution in [0.15, 0.2) is 18.2 Å².